The number of carbonyl (C=O) groups excluding carboxylic acids is 1. The van der Waals surface area contributed by atoms with Gasteiger partial charge in [-0.05, 0) is 69.0 Å². The molecule has 9 nitrogen and oxygen atoms in total. The van der Waals surface area contributed by atoms with Crippen LogP contribution in [0.3, 0.4) is 0 Å². The van der Waals surface area contributed by atoms with Crippen LogP contribution in [0.25, 0.3) is 0 Å². The molecule has 0 saturated heterocycles. The van der Waals surface area contributed by atoms with Crippen LogP contribution in [0.2, 0.25) is 0 Å². The summed E-state index contributed by atoms with van der Waals surface area (Å²) in [4.78, 5) is 23.0. The maximum atomic E-state index is 12.0. The lowest BCUT2D eigenvalue weighted by Gasteiger charge is -2.20. The number of benzene rings is 2. The minimum Gasteiger partial charge on any atom is -0.493 e. The first-order valence-corrected chi connectivity index (χ1v) is 10.3. The summed E-state index contributed by atoms with van der Waals surface area (Å²) in [6.45, 7) is 4.42. The molecular weight excluding hydrogens is 432 g/mol. The van der Waals surface area contributed by atoms with Crippen LogP contribution >= 0.6 is 0 Å². The fraction of sp³-hybridized carbons (Fsp3) is 0.417. The van der Waals surface area contributed by atoms with Crippen LogP contribution in [0.4, 0.5) is 4.79 Å². The Morgan fingerprint density at radius 1 is 0.939 bits per heavy atom. The number of carboxylic acid groups (broad SMARTS) is 1. The topological polar surface area (TPSA) is 121 Å². The number of rotatable bonds is 10. The normalized spacial score (nSPS) is 11.9. The SMILES string of the molecule is COc1ccc(CCC(O)c2ccc(OC(=O)OC(C)(C)C)c(OCC(=O)O)c2)cc1OC. The van der Waals surface area contributed by atoms with Gasteiger partial charge in [0.25, 0.3) is 0 Å². The number of hydrogen-bond acceptors (Lipinski definition) is 8. The van der Waals surface area contributed by atoms with Crippen molar-refractivity contribution in [1.29, 1.82) is 0 Å². The zero-order valence-corrected chi connectivity index (χ0v) is 19.4. The molecule has 33 heavy (non-hydrogen) atoms. The van der Waals surface area contributed by atoms with Crippen molar-refractivity contribution in [2.24, 2.45) is 0 Å². The van der Waals surface area contributed by atoms with Gasteiger partial charge in [0.15, 0.2) is 29.6 Å². The zero-order valence-electron chi connectivity index (χ0n) is 19.4. The van der Waals surface area contributed by atoms with Crippen LogP contribution in [-0.2, 0) is 16.0 Å². The fourth-order valence-electron chi connectivity index (χ4n) is 2.94. The Morgan fingerprint density at radius 3 is 2.21 bits per heavy atom. The van der Waals surface area contributed by atoms with Crippen molar-refractivity contribution in [1.82, 2.24) is 0 Å². The predicted molar refractivity (Wildman–Crippen MR) is 119 cm³/mol. The van der Waals surface area contributed by atoms with E-state index in [4.69, 9.17) is 28.8 Å². The Bertz CT molecular complexity index is 963. The second-order valence-corrected chi connectivity index (χ2v) is 8.20. The molecule has 0 aromatic heterocycles. The van der Waals surface area contributed by atoms with Crippen LogP contribution in [-0.4, -0.2) is 48.8 Å². The van der Waals surface area contributed by atoms with Gasteiger partial charge in [-0.1, -0.05) is 12.1 Å². The van der Waals surface area contributed by atoms with Crippen molar-refractivity contribution in [3.63, 3.8) is 0 Å². The van der Waals surface area contributed by atoms with E-state index in [2.05, 4.69) is 0 Å². The molecule has 0 heterocycles. The van der Waals surface area contributed by atoms with Gasteiger partial charge in [-0.15, -0.1) is 0 Å². The Labute approximate surface area is 192 Å². The molecular formula is C24H30O9. The second-order valence-electron chi connectivity index (χ2n) is 8.20. The number of methoxy groups -OCH3 is 2. The smallest absolute Gasteiger partial charge is 0.493 e. The van der Waals surface area contributed by atoms with Crippen LogP contribution in [0, 0.1) is 0 Å². The second kappa shape index (κ2) is 11.4. The third kappa shape index (κ3) is 8.19. The van der Waals surface area contributed by atoms with Crippen molar-refractivity contribution in [3.8, 4) is 23.0 Å². The van der Waals surface area contributed by atoms with E-state index in [0.29, 0.717) is 29.9 Å². The van der Waals surface area contributed by atoms with Crippen LogP contribution in [0.15, 0.2) is 36.4 Å². The van der Waals surface area contributed by atoms with E-state index in [1.54, 1.807) is 47.1 Å². The van der Waals surface area contributed by atoms with E-state index < -0.39 is 30.4 Å². The Balaban J connectivity index is 2.15. The molecule has 9 heteroatoms. The third-order valence-electron chi connectivity index (χ3n) is 4.44. The van der Waals surface area contributed by atoms with E-state index in [1.807, 2.05) is 12.1 Å². The largest absolute Gasteiger partial charge is 0.514 e. The highest BCUT2D eigenvalue weighted by Crippen LogP contribution is 2.33. The number of carbonyl (C=O) groups is 2. The number of aliphatic hydroxyl groups is 1. The van der Waals surface area contributed by atoms with Gasteiger partial charge in [0.1, 0.15) is 5.60 Å². The van der Waals surface area contributed by atoms with Crippen LogP contribution < -0.4 is 18.9 Å². The highest BCUT2D eigenvalue weighted by Gasteiger charge is 2.21. The number of aliphatic hydroxyl groups excluding tert-OH is 1. The minimum absolute atomic E-state index is 0.00549. The summed E-state index contributed by atoms with van der Waals surface area (Å²) in [6.07, 6.45) is -0.909. The van der Waals surface area contributed by atoms with Gasteiger partial charge in [0.05, 0.1) is 20.3 Å². The average Bonchev–Trinajstić information content (AvgIpc) is 2.75. The standard InChI is InChI=1S/C24H30O9/c1-24(2,3)33-23(28)32-19-11-8-16(13-21(19)31-14-22(26)27)17(25)9-6-15-7-10-18(29-4)20(12-15)30-5/h7-8,10-13,17,25H,6,9,14H2,1-5H3,(H,26,27). The average molecular weight is 462 g/mol. The highest BCUT2D eigenvalue weighted by molar-refractivity contribution is 5.69. The van der Waals surface area contributed by atoms with Gasteiger partial charge in [-0.2, -0.15) is 0 Å². The third-order valence-corrected chi connectivity index (χ3v) is 4.44. The summed E-state index contributed by atoms with van der Waals surface area (Å²) in [6, 6.07) is 9.96. The van der Waals surface area contributed by atoms with E-state index in [0.717, 1.165) is 5.56 Å². The van der Waals surface area contributed by atoms with Gasteiger partial charge >= 0.3 is 12.1 Å². The number of ether oxygens (including phenoxy) is 5. The van der Waals surface area contributed by atoms with Crippen LogP contribution in [0.1, 0.15) is 44.4 Å². The van der Waals surface area contributed by atoms with E-state index in [-0.39, 0.29) is 11.5 Å². The minimum atomic E-state index is -1.20. The van der Waals surface area contributed by atoms with E-state index >= 15 is 0 Å². The zero-order chi connectivity index (χ0) is 24.6. The highest BCUT2D eigenvalue weighted by atomic mass is 16.7. The van der Waals surface area contributed by atoms with Crippen molar-refractivity contribution in [2.45, 2.75) is 45.3 Å². The number of aliphatic carboxylic acids is 1. The number of hydrogen-bond donors (Lipinski definition) is 2. The molecule has 0 radical (unpaired) electrons. The summed E-state index contributed by atoms with van der Waals surface area (Å²) >= 11 is 0. The van der Waals surface area contributed by atoms with Crippen LogP contribution in [0.5, 0.6) is 23.0 Å². The van der Waals surface area contributed by atoms with Gasteiger partial charge in [-0.3, -0.25) is 0 Å². The maximum Gasteiger partial charge on any atom is 0.514 e. The van der Waals surface area contributed by atoms with Crippen molar-refractivity contribution >= 4 is 12.1 Å². The predicted octanol–water partition coefficient (Wildman–Crippen LogP) is 4.15. The summed E-state index contributed by atoms with van der Waals surface area (Å²) in [5, 5.41) is 19.6. The molecule has 0 aliphatic carbocycles. The quantitative estimate of drug-likeness (QED) is 0.396. The summed E-state index contributed by atoms with van der Waals surface area (Å²) in [5.74, 6) is 0.00461. The molecule has 2 aromatic carbocycles. The summed E-state index contributed by atoms with van der Waals surface area (Å²) < 4.78 is 26.1. The lowest BCUT2D eigenvalue weighted by Crippen LogP contribution is -2.26. The molecule has 0 fully saturated rings. The maximum absolute atomic E-state index is 12.0. The summed E-state index contributed by atoms with van der Waals surface area (Å²) in [5.41, 5.74) is 0.658. The molecule has 0 saturated carbocycles. The first-order chi connectivity index (χ1) is 15.5. The Kier molecular flexibility index (Phi) is 8.93. The fourth-order valence-corrected chi connectivity index (χ4v) is 2.94. The summed E-state index contributed by atoms with van der Waals surface area (Å²) in [7, 11) is 3.11. The molecule has 180 valence electrons. The molecule has 2 N–H and O–H groups in total. The molecule has 1 unspecified atom stereocenters. The molecule has 0 aliphatic rings. The molecule has 0 bridgehead atoms. The Morgan fingerprint density at radius 2 is 1.61 bits per heavy atom. The van der Waals surface area contributed by atoms with E-state index in [9.17, 15) is 14.7 Å². The molecule has 0 amide bonds. The van der Waals surface area contributed by atoms with E-state index in [1.165, 1.54) is 12.1 Å². The lowest BCUT2D eigenvalue weighted by atomic mass is 10.0. The van der Waals surface area contributed by atoms with Gasteiger partial charge in [0.2, 0.25) is 0 Å². The van der Waals surface area contributed by atoms with Crippen molar-refractivity contribution in [2.75, 3.05) is 20.8 Å². The number of carboxylic acids is 1. The molecule has 2 aromatic rings. The van der Waals surface area contributed by atoms with Gasteiger partial charge < -0.3 is 33.9 Å². The molecule has 1 atom stereocenters. The number of aryl methyl sites for hydroxylation is 1. The van der Waals surface area contributed by atoms with Gasteiger partial charge in [0, 0.05) is 0 Å². The molecule has 0 aliphatic heterocycles. The van der Waals surface area contributed by atoms with Crippen molar-refractivity contribution in [3.05, 3.63) is 47.5 Å². The van der Waals surface area contributed by atoms with Gasteiger partial charge in [-0.25, -0.2) is 9.59 Å². The first-order valence-electron chi connectivity index (χ1n) is 10.3. The Hall–Kier alpha value is -3.46. The monoisotopic (exact) mass is 462 g/mol. The van der Waals surface area contributed by atoms with Crippen molar-refractivity contribution < 1.29 is 43.5 Å². The molecule has 2 rings (SSSR count). The lowest BCUT2D eigenvalue weighted by molar-refractivity contribution is -0.139. The first kappa shape index (κ1) is 25.8. The molecule has 0 spiro atoms.